The van der Waals surface area contributed by atoms with E-state index in [1.54, 1.807) is 12.1 Å². The largest absolute Gasteiger partial charge is 0.369 e. The number of carbonyl (C=O) groups is 1. The van der Waals surface area contributed by atoms with Crippen molar-refractivity contribution in [1.82, 2.24) is 4.98 Å². The molecule has 0 spiro atoms. The third-order valence-electron chi connectivity index (χ3n) is 4.71. The number of halogens is 3. The molecule has 7 heteroatoms. The predicted octanol–water partition coefficient (Wildman–Crippen LogP) is 4.98. The van der Waals surface area contributed by atoms with Gasteiger partial charge in [0, 0.05) is 11.5 Å². The lowest BCUT2D eigenvalue weighted by Gasteiger charge is -2.26. The van der Waals surface area contributed by atoms with Crippen LogP contribution in [0, 0.1) is 17.5 Å². The number of nitrogens with two attached hydrogens (primary N) is 2. The van der Waals surface area contributed by atoms with E-state index in [2.05, 4.69) is 10.7 Å². The molecular weight excluding hydrogens is 379 g/mol. The summed E-state index contributed by atoms with van der Waals surface area (Å²) >= 11 is 0. The molecule has 156 valence electrons. The molecule has 0 aliphatic heterocycles. The molecule has 5 N–H and O–H groups in total. The lowest BCUT2D eigenvalue weighted by atomic mass is 9.78. The van der Waals surface area contributed by atoms with Crippen LogP contribution in [0.5, 0.6) is 0 Å². The summed E-state index contributed by atoms with van der Waals surface area (Å²) in [6.45, 7) is 3.94. The summed E-state index contributed by atoms with van der Waals surface area (Å²) < 4.78 is 40.8. The average Bonchev–Trinajstić information content (AvgIpc) is 3.03. The van der Waals surface area contributed by atoms with E-state index >= 15 is 0 Å². The van der Waals surface area contributed by atoms with Crippen LogP contribution in [0.4, 0.5) is 13.2 Å². The van der Waals surface area contributed by atoms with Crippen molar-refractivity contribution in [2.75, 3.05) is 6.54 Å². The molecule has 1 aliphatic carbocycles. The van der Waals surface area contributed by atoms with Crippen LogP contribution in [0.25, 0.3) is 22.2 Å². The Kier molecular flexibility index (Phi) is 7.84. The van der Waals surface area contributed by atoms with Crippen LogP contribution in [0.3, 0.4) is 0 Å². The normalized spacial score (nSPS) is 13.0. The molecule has 1 heterocycles. The molecule has 0 atom stereocenters. The Labute approximate surface area is 168 Å². The van der Waals surface area contributed by atoms with E-state index in [9.17, 15) is 18.0 Å². The first-order valence-electron chi connectivity index (χ1n) is 9.65. The Balaban J connectivity index is 0.000000378. The van der Waals surface area contributed by atoms with Crippen molar-refractivity contribution in [2.24, 2.45) is 11.5 Å². The average molecular weight is 405 g/mol. The minimum absolute atomic E-state index is 0.0556. The maximum Gasteiger partial charge on any atom is 0.231 e. The number of aromatic amines is 1. The van der Waals surface area contributed by atoms with Crippen molar-refractivity contribution in [3.8, 4) is 11.3 Å². The quantitative estimate of drug-likeness (QED) is 0.574. The van der Waals surface area contributed by atoms with Crippen molar-refractivity contribution >= 4 is 16.8 Å². The van der Waals surface area contributed by atoms with Gasteiger partial charge in [0.05, 0.1) is 17.8 Å². The summed E-state index contributed by atoms with van der Waals surface area (Å²) in [4.78, 5) is 12.5. The van der Waals surface area contributed by atoms with Crippen molar-refractivity contribution in [1.29, 1.82) is 0 Å². The first-order chi connectivity index (χ1) is 13.9. The van der Waals surface area contributed by atoms with Gasteiger partial charge in [-0.15, -0.1) is 0 Å². The van der Waals surface area contributed by atoms with E-state index in [0.29, 0.717) is 16.8 Å². The monoisotopic (exact) mass is 405 g/mol. The van der Waals surface area contributed by atoms with Gasteiger partial charge >= 0.3 is 0 Å². The van der Waals surface area contributed by atoms with Crippen molar-refractivity contribution in [2.45, 2.75) is 39.0 Å². The Hall–Kier alpha value is -2.80. The highest BCUT2D eigenvalue weighted by molar-refractivity contribution is 5.92. The number of carbonyl (C=O) groups excluding carboxylic acids is 1. The van der Waals surface area contributed by atoms with E-state index in [1.165, 1.54) is 18.2 Å². The van der Waals surface area contributed by atoms with E-state index in [4.69, 9.17) is 5.73 Å². The van der Waals surface area contributed by atoms with E-state index < -0.39 is 17.5 Å². The SMILES string of the molecule is CC.Fc1ccc(-c2[nH]c3c(F)cc(F)cc3c2C2CCC2)cc1.NCC(N)=O. The van der Waals surface area contributed by atoms with Crippen molar-refractivity contribution in [3.63, 3.8) is 0 Å². The second-order valence-corrected chi connectivity index (χ2v) is 6.53. The highest BCUT2D eigenvalue weighted by atomic mass is 19.1. The standard InChI is InChI=1S/C18H14F3N.C2H6N2O.C2H6/c19-12-6-4-11(5-7-12)17-16(10-2-1-3-10)14-8-13(20)9-15(21)18(14)22-17;3-1-2(4)5;1-2/h4-10,22H,1-3H2;1,3H2,(H2,4,5);1-2H3. The van der Waals surface area contributed by atoms with Gasteiger partial charge in [-0.3, -0.25) is 4.79 Å². The molecule has 1 aliphatic rings. The number of benzene rings is 2. The summed E-state index contributed by atoms with van der Waals surface area (Å²) in [6.07, 6.45) is 3.15. The number of nitrogens with one attached hydrogen (secondary N) is 1. The molecule has 0 bridgehead atoms. The molecule has 1 amide bonds. The van der Waals surface area contributed by atoms with Crippen LogP contribution < -0.4 is 11.5 Å². The van der Waals surface area contributed by atoms with E-state index in [1.807, 2.05) is 13.8 Å². The van der Waals surface area contributed by atoms with Crippen LogP contribution in [-0.2, 0) is 4.79 Å². The predicted molar refractivity (Wildman–Crippen MR) is 110 cm³/mol. The number of primary amides is 1. The third kappa shape index (κ3) is 5.17. The maximum absolute atomic E-state index is 14.1. The van der Waals surface area contributed by atoms with Gasteiger partial charge in [0.15, 0.2) is 0 Å². The van der Waals surface area contributed by atoms with Crippen LogP contribution >= 0.6 is 0 Å². The zero-order chi connectivity index (χ0) is 21.6. The minimum atomic E-state index is -0.594. The van der Waals surface area contributed by atoms with Gasteiger partial charge in [-0.05, 0) is 60.2 Å². The number of rotatable bonds is 3. The fourth-order valence-corrected chi connectivity index (χ4v) is 3.21. The molecule has 3 aromatic rings. The molecule has 4 nitrogen and oxygen atoms in total. The first-order valence-corrected chi connectivity index (χ1v) is 9.65. The number of hydrogen-bond donors (Lipinski definition) is 3. The van der Waals surface area contributed by atoms with Crippen LogP contribution in [0.2, 0.25) is 0 Å². The van der Waals surface area contributed by atoms with Crippen LogP contribution in [0.15, 0.2) is 36.4 Å². The Morgan fingerprint density at radius 1 is 1.07 bits per heavy atom. The Bertz CT molecular complexity index is 964. The van der Waals surface area contributed by atoms with Gasteiger partial charge in [-0.1, -0.05) is 20.3 Å². The van der Waals surface area contributed by atoms with E-state index in [-0.39, 0.29) is 12.4 Å². The van der Waals surface area contributed by atoms with Gasteiger partial charge in [0.2, 0.25) is 5.91 Å². The lowest BCUT2D eigenvalue weighted by Crippen LogP contribution is -2.21. The molecule has 29 heavy (non-hydrogen) atoms. The van der Waals surface area contributed by atoms with Crippen LogP contribution in [0.1, 0.15) is 44.6 Å². The molecule has 1 fully saturated rings. The maximum atomic E-state index is 14.1. The lowest BCUT2D eigenvalue weighted by molar-refractivity contribution is -0.116. The molecular formula is C22H26F3N3O. The van der Waals surface area contributed by atoms with Gasteiger partial charge in [-0.25, -0.2) is 13.2 Å². The molecule has 1 aromatic heterocycles. The van der Waals surface area contributed by atoms with Gasteiger partial charge in [0.1, 0.15) is 17.5 Å². The van der Waals surface area contributed by atoms with Crippen molar-refractivity contribution in [3.05, 3.63) is 59.4 Å². The summed E-state index contributed by atoms with van der Waals surface area (Å²) in [6, 6.07) is 8.35. The summed E-state index contributed by atoms with van der Waals surface area (Å²) in [5, 5.41) is 0.599. The summed E-state index contributed by atoms with van der Waals surface area (Å²) in [7, 11) is 0. The van der Waals surface area contributed by atoms with Gasteiger partial charge < -0.3 is 16.5 Å². The second kappa shape index (κ2) is 10.1. The summed E-state index contributed by atoms with van der Waals surface area (Å²) in [5.41, 5.74) is 12.1. The fourth-order valence-electron chi connectivity index (χ4n) is 3.21. The molecule has 0 saturated heterocycles. The van der Waals surface area contributed by atoms with Gasteiger partial charge in [0.25, 0.3) is 0 Å². The first kappa shape index (κ1) is 22.5. The second-order valence-electron chi connectivity index (χ2n) is 6.53. The number of amides is 1. The number of hydrogen-bond acceptors (Lipinski definition) is 2. The summed E-state index contributed by atoms with van der Waals surface area (Å²) in [5.74, 6) is -1.65. The number of aromatic nitrogens is 1. The van der Waals surface area contributed by atoms with Gasteiger partial charge in [-0.2, -0.15) is 0 Å². The molecule has 4 rings (SSSR count). The zero-order valence-electron chi connectivity index (χ0n) is 16.6. The van der Waals surface area contributed by atoms with Crippen LogP contribution in [-0.4, -0.2) is 17.4 Å². The Morgan fingerprint density at radius 3 is 2.14 bits per heavy atom. The van der Waals surface area contributed by atoms with Crippen molar-refractivity contribution < 1.29 is 18.0 Å². The third-order valence-corrected chi connectivity index (χ3v) is 4.71. The smallest absolute Gasteiger partial charge is 0.231 e. The highest BCUT2D eigenvalue weighted by Gasteiger charge is 2.27. The molecule has 1 saturated carbocycles. The minimum Gasteiger partial charge on any atom is -0.369 e. The number of fused-ring (bicyclic) bond motifs is 1. The molecule has 0 unspecified atom stereocenters. The fraction of sp³-hybridized carbons (Fsp3) is 0.318. The number of H-pyrrole nitrogens is 1. The van der Waals surface area contributed by atoms with E-state index in [0.717, 1.165) is 42.1 Å². The topological polar surface area (TPSA) is 84.9 Å². The zero-order valence-corrected chi connectivity index (χ0v) is 16.6. The Morgan fingerprint density at radius 2 is 1.66 bits per heavy atom. The molecule has 2 aromatic carbocycles. The molecule has 0 radical (unpaired) electrons. The highest BCUT2D eigenvalue weighted by Crippen LogP contribution is 2.45.